The Morgan fingerprint density at radius 1 is 1.04 bits per heavy atom. The molecule has 0 unspecified atom stereocenters. The quantitative estimate of drug-likeness (QED) is 0.604. The van der Waals surface area contributed by atoms with Crippen LogP contribution in [0, 0.1) is 5.82 Å². The third kappa shape index (κ3) is 2.83. The van der Waals surface area contributed by atoms with Crippen LogP contribution in [0.1, 0.15) is 0 Å². The lowest BCUT2D eigenvalue weighted by Gasteiger charge is -2.01. The van der Waals surface area contributed by atoms with E-state index in [2.05, 4.69) is 20.5 Å². The van der Waals surface area contributed by atoms with Gasteiger partial charge >= 0.3 is 0 Å². The van der Waals surface area contributed by atoms with Gasteiger partial charge in [0.2, 0.25) is 5.82 Å². The molecule has 0 fully saturated rings. The van der Waals surface area contributed by atoms with E-state index in [9.17, 15) is 4.39 Å². The highest BCUT2D eigenvalue weighted by Gasteiger charge is 2.19. The van der Waals surface area contributed by atoms with Crippen molar-refractivity contribution in [2.24, 2.45) is 0 Å². The summed E-state index contributed by atoms with van der Waals surface area (Å²) in [7, 11) is 0. The van der Waals surface area contributed by atoms with Crippen molar-refractivity contribution in [3.63, 3.8) is 0 Å². The largest absolute Gasteiger partial charge is 0.382 e. The molecular formula is C16H10ClFN6O. The van der Waals surface area contributed by atoms with Gasteiger partial charge in [-0.15, -0.1) is 5.10 Å². The van der Waals surface area contributed by atoms with Gasteiger partial charge in [-0.05, 0) is 48.5 Å². The normalized spacial score (nSPS) is 11.0. The van der Waals surface area contributed by atoms with Crippen LogP contribution in [0.15, 0.2) is 53.1 Å². The number of nitrogen functional groups attached to an aromatic ring is 1. The summed E-state index contributed by atoms with van der Waals surface area (Å²) in [5, 5.41) is 12.5. The van der Waals surface area contributed by atoms with Crippen LogP contribution in [0.5, 0.6) is 0 Å². The number of aromatic nitrogens is 5. The molecule has 25 heavy (non-hydrogen) atoms. The standard InChI is InChI=1S/C16H10ClFN6O/c17-10-3-1-9(2-4-10)15-20-16(25-22-15)13-14(19)24(23-21-13)12-7-5-11(18)6-8-12/h1-8H,19H2. The third-order valence-corrected chi connectivity index (χ3v) is 3.76. The number of nitrogens with two attached hydrogens (primary N) is 1. The number of halogens is 2. The lowest BCUT2D eigenvalue weighted by Crippen LogP contribution is -2.02. The molecule has 2 aromatic heterocycles. The predicted molar refractivity (Wildman–Crippen MR) is 89.5 cm³/mol. The minimum absolute atomic E-state index is 0.135. The number of hydrogen-bond donors (Lipinski definition) is 1. The average molecular weight is 357 g/mol. The van der Waals surface area contributed by atoms with Gasteiger partial charge < -0.3 is 10.3 Å². The maximum atomic E-state index is 13.0. The van der Waals surface area contributed by atoms with Gasteiger partial charge in [0.1, 0.15) is 5.82 Å². The number of benzene rings is 2. The molecule has 124 valence electrons. The zero-order valence-electron chi connectivity index (χ0n) is 12.6. The molecule has 0 atom stereocenters. The molecule has 2 heterocycles. The van der Waals surface area contributed by atoms with Crippen LogP contribution in [0.2, 0.25) is 5.02 Å². The highest BCUT2D eigenvalue weighted by atomic mass is 35.5. The van der Waals surface area contributed by atoms with Gasteiger partial charge in [0.05, 0.1) is 5.69 Å². The Morgan fingerprint density at radius 2 is 1.76 bits per heavy atom. The monoisotopic (exact) mass is 356 g/mol. The molecule has 0 aliphatic heterocycles. The van der Waals surface area contributed by atoms with Crippen molar-refractivity contribution in [1.82, 2.24) is 25.1 Å². The number of hydrogen-bond acceptors (Lipinski definition) is 6. The highest BCUT2D eigenvalue weighted by molar-refractivity contribution is 6.30. The van der Waals surface area contributed by atoms with Crippen molar-refractivity contribution < 1.29 is 8.91 Å². The Morgan fingerprint density at radius 3 is 2.48 bits per heavy atom. The fourth-order valence-corrected chi connectivity index (χ4v) is 2.38. The molecule has 0 saturated heterocycles. The zero-order chi connectivity index (χ0) is 17.4. The summed E-state index contributed by atoms with van der Waals surface area (Å²) in [5.74, 6) is 0.364. The second kappa shape index (κ2) is 5.99. The van der Waals surface area contributed by atoms with E-state index < -0.39 is 0 Å². The number of nitrogens with zero attached hydrogens (tertiary/aromatic N) is 5. The molecule has 0 aliphatic carbocycles. The summed E-state index contributed by atoms with van der Waals surface area (Å²) in [4.78, 5) is 4.29. The minimum Gasteiger partial charge on any atom is -0.382 e. The van der Waals surface area contributed by atoms with E-state index in [0.717, 1.165) is 5.56 Å². The Balaban J connectivity index is 1.69. The number of anilines is 1. The summed E-state index contributed by atoms with van der Waals surface area (Å²) in [6.45, 7) is 0. The van der Waals surface area contributed by atoms with Gasteiger partial charge in [0.25, 0.3) is 5.89 Å². The number of rotatable bonds is 3. The molecule has 4 aromatic rings. The van der Waals surface area contributed by atoms with Gasteiger partial charge in [-0.25, -0.2) is 4.39 Å². The molecular weight excluding hydrogens is 347 g/mol. The molecule has 7 nitrogen and oxygen atoms in total. The van der Waals surface area contributed by atoms with E-state index in [4.69, 9.17) is 21.9 Å². The van der Waals surface area contributed by atoms with Crippen LogP contribution in [0.3, 0.4) is 0 Å². The SMILES string of the molecule is Nc1c(-c2nc(-c3ccc(Cl)cc3)no2)nnn1-c1ccc(F)cc1. The van der Waals surface area contributed by atoms with Crippen molar-refractivity contribution in [3.05, 3.63) is 59.4 Å². The zero-order valence-corrected chi connectivity index (χ0v) is 13.4. The first kappa shape index (κ1) is 15.3. The molecule has 0 bridgehead atoms. The fourth-order valence-electron chi connectivity index (χ4n) is 2.25. The minimum atomic E-state index is -0.354. The maximum absolute atomic E-state index is 13.0. The topological polar surface area (TPSA) is 95.7 Å². The Labute approximate surface area is 145 Å². The lowest BCUT2D eigenvalue weighted by atomic mass is 10.2. The van der Waals surface area contributed by atoms with Crippen molar-refractivity contribution in [1.29, 1.82) is 0 Å². The first-order valence-corrected chi connectivity index (χ1v) is 7.57. The molecule has 4 rings (SSSR count). The molecule has 0 radical (unpaired) electrons. The van der Waals surface area contributed by atoms with Gasteiger partial charge in [-0.2, -0.15) is 9.67 Å². The van der Waals surface area contributed by atoms with Crippen LogP contribution in [0.25, 0.3) is 28.7 Å². The van der Waals surface area contributed by atoms with Crippen LogP contribution in [-0.2, 0) is 0 Å². The summed E-state index contributed by atoms with van der Waals surface area (Å²) < 4.78 is 19.6. The smallest absolute Gasteiger partial charge is 0.282 e. The predicted octanol–water partition coefficient (Wildman–Crippen LogP) is 3.36. The Hall–Kier alpha value is -3.26. The fraction of sp³-hybridized carbons (Fsp3) is 0. The van der Waals surface area contributed by atoms with Gasteiger partial charge in [0, 0.05) is 10.6 Å². The summed E-state index contributed by atoms with van der Waals surface area (Å²) in [5.41, 5.74) is 7.62. The molecule has 0 amide bonds. The Bertz CT molecular complexity index is 1030. The van der Waals surface area contributed by atoms with Crippen LogP contribution >= 0.6 is 11.6 Å². The first-order valence-electron chi connectivity index (χ1n) is 7.19. The Kier molecular flexibility index (Phi) is 3.66. The molecule has 9 heteroatoms. The van der Waals surface area contributed by atoms with Gasteiger partial charge in [-0.3, -0.25) is 0 Å². The van der Waals surface area contributed by atoms with Crippen molar-refractivity contribution in [2.45, 2.75) is 0 Å². The molecule has 0 saturated carbocycles. The van der Waals surface area contributed by atoms with Gasteiger partial charge in [-0.1, -0.05) is 22.0 Å². The van der Waals surface area contributed by atoms with Crippen molar-refractivity contribution in [3.8, 4) is 28.7 Å². The van der Waals surface area contributed by atoms with Crippen molar-refractivity contribution >= 4 is 17.4 Å². The maximum Gasteiger partial charge on any atom is 0.282 e. The van der Waals surface area contributed by atoms with E-state index in [-0.39, 0.29) is 23.2 Å². The summed E-state index contributed by atoms with van der Waals surface area (Å²) >= 11 is 5.87. The summed E-state index contributed by atoms with van der Waals surface area (Å²) in [6, 6.07) is 12.7. The van der Waals surface area contributed by atoms with Crippen LogP contribution < -0.4 is 5.73 Å². The molecule has 0 aliphatic rings. The summed E-state index contributed by atoms with van der Waals surface area (Å²) in [6.07, 6.45) is 0. The molecule has 2 aromatic carbocycles. The van der Waals surface area contributed by atoms with E-state index in [1.807, 2.05) is 0 Å². The van der Waals surface area contributed by atoms with E-state index >= 15 is 0 Å². The van der Waals surface area contributed by atoms with E-state index in [1.165, 1.54) is 28.9 Å². The second-order valence-electron chi connectivity index (χ2n) is 5.14. The second-order valence-corrected chi connectivity index (χ2v) is 5.58. The van der Waals surface area contributed by atoms with Crippen LogP contribution in [0.4, 0.5) is 10.2 Å². The average Bonchev–Trinajstić information content (AvgIpc) is 3.23. The third-order valence-electron chi connectivity index (χ3n) is 3.51. The lowest BCUT2D eigenvalue weighted by molar-refractivity contribution is 0.431. The highest BCUT2D eigenvalue weighted by Crippen LogP contribution is 2.26. The van der Waals surface area contributed by atoms with E-state index in [0.29, 0.717) is 16.5 Å². The van der Waals surface area contributed by atoms with Gasteiger partial charge in [0.15, 0.2) is 11.5 Å². The first-order chi connectivity index (χ1) is 12.1. The molecule has 2 N–H and O–H groups in total. The van der Waals surface area contributed by atoms with Crippen LogP contribution in [-0.4, -0.2) is 25.1 Å². The van der Waals surface area contributed by atoms with Crippen molar-refractivity contribution in [2.75, 3.05) is 5.73 Å². The van der Waals surface area contributed by atoms with E-state index in [1.54, 1.807) is 24.3 Å². The molecule has 0 spiro atoms.